The molecule has 1 atom stereocenters. The fourth-order valence-corrected chi connectivity index (χ4v) is 1.95. The van der Waals surface area contributed by atoms with Crippen molar-refractivity contribution in [3.05, 3.63) is 35.4 Å². The third-order valence-corrected chi connectivity index (χ3v) is 3.58. The maximum Gasteiger partial charge on any atom is 0.306 e. The molecule has 3 heteroatoms. The molecule has 0 radical (unpaired) electrons. The molecular weight excluding hydrogens is 238 g/mol. The lowest BCUT2D eigenvalue weighted by atomic mass is 9.84. The summed E-state index contributed by atoms with van der Waals surface area (Å²) in [4.78, 5) is 10.7. The van der Waals surface area contributed by atoms with Gasteiger partial charge in [-0.1, -0.05) is 50.6 Å². The highest BCUT2D eigenvalue weighted by molar-refractivity contribution is 5.69. The zero-order chi connectivity index (χ0) is 14.5. The maximum absolute atomic E-state index is 10.7. The van der Waals surface area contributed by atoms with Gasteiger partial charge in [-0.25, -0.2) is 0 Å². The van der Waals surface area contributed by atoms with E-state index in [1.54, 1.807) is 6.92 Å². The van der Waals surface area contributed by atoms with E-state index in [4.69, 9.17) is 5.11 Å². The van der Waals surface area contributed by atoms with Crippen LogP contribution in [0.3, 0.4) is 0 Å². The average Bonchev–Trinajstić information content (AvgIpc) is 2.34. The lowest BCUT2D eigenvalue weighted by Gasteiger charge is -2.26. The molecule has 1 aromatic rings. The Morgan fingerprint density at radius 3 is 2.42 bits per heavy atom. The summed E-state index contributed by atoms with van der Waals surface area (Å²) in [6, 6.07) is 8.58. The Morgan fingerprint density at radius 2 is 1.89 bits per heavy atom. The summed E-state index contributed by atoms with van der Waals surface area (Å²) in [6.45, 7) is 9.82. The maximum atomic E-state index is 10.7. The van der Waals surface area contributed by atoms with Gasteiger partial charge in [0, 0.05) is 12.0 Å². The van der Waals surface area contributed by atoms with Crippen LogP contribution in [0.15, 0.2) is 24.3 Å². The number of hydrogen-bond acceptors (Lipinski definition) is 2. The normalized spacial score (nSPS) is 13.3. The van der Waals surface area contributed by atoms with Gasteiger partial charge in [0.15, 0.2) is 0 Å². The molecule has 0 aliphatic carbocycles. The first kappa shape index (κ1) is 15.7. The number of rotatable bonds is 7. The van der Waals surface area contributed by atoms with Crippen LogP contribution in [-0.4, -0.2) is 24.2 Å². The van der Waals surface area contributed by atoms with Crippen LogP contribution in [0.1, 0.15) is 38.3 Å². The first-order valence-electron chi connectivity index (χ1n) is 6.83. The van der Waals surface area contributed by atoms with E-state index in [0.717, 1.165) is 13.1 Å². The number of aliphatic carboxylic acids is 1. The lowest BCUT2D eigenvalue weighted by Crippen LogP contribution is -2.34. The second kappa shape index (κ2) is 6.71. The molecule has 3 nitrogen and oxygen atoms in total. The van der Waals surface area contributed by atoms with Gasteiger partial charge >= 0.3 is 5.97 Å². The van der Waals surface area contributed by atoms with E-state index >= 15 is 0 Å². The predicted octanol–water partition coefficient (Wildman–Crippen LogP) is 2.97. The van der Waals surface area contributed by atoms with Gasteiger partial charge in [-0.15, -0.1) is 0 Å². The van der Waals surface area contributed by atoms with E-state index in [0.29, 0.717) is 6.42 Å². The highest BCUT2D eigenvalue weighted by atomic mass is 16.4. The molecular formula is C16H25NO2. The summed E-state index contributed by atoms with van der Waals surface area (Å²) in [6.07, 6.45) is 0.666. The second-order valence-corrected chi connectivity index (χ2v) is 5.95. The van der Waals surface area contributed by atoms with Gasteiger partial charge in [-0.05, 0) is 25.5 Å². The van der Waals surface area contributed by atoms with Crippen LogP contribution < -0.4 is 5.32 Å². The summed E-state index contributed by atoms with van der Waals surface area (Å²) < 4.78 is 0. The van der Waals surface area contributed by atoms with Crippen molar-refractivity contribution in [3.8, 4) is 0 Å². The number of hydrogen-bond donors (Lipinski definition) is 2. The minimum Gasteiger partial charge on any atom is -0.481 e. The summed E-state index contributed by atoms with van der Waals surface area (Å²) in [7, 11) is 0. The largest absolute Gasteiger partial charge is 0.481 e. The van der Waals surface area contributed by atoms with E-state index in [2.05, 4.69) is 50.4 Å². The molecule has 0 aromatic heterocycles. The van der Waals surface area contributed by atoms with Crippen LogP contribution in [0.4, 0.5) is 0 Å². The van der Waals surface area contributed by atoms with Crippen LogP contribution in [0.25, 0.3) is 0 Å². The van der Waals surface area contributed by atoms with Crippen molar-refractivity contribution >= 4 is 5.97 Å². The molecule has 0 saturated heterocycles. The Bertz CT molecular complexity index is 409. The minimum absolute atomic E-state index is 0.0557. The number of aryl methyl sites for hydroxylation is 1. The van der Waals surface area contributed by atoms with Crippen molar-refractivity contribution in [2.24, 2.45) is 5.92 Å². The molecule has 0 aliphatic rings. The quantitative estimate of drug-likeness (QED) is 0.744. The molecule has 0 amide bonds. The topological polar surface area (TPSA) is 49.3 Å². The van der Waals surface area contributed by atoms with Crippen molar-refractivity contribution in [1.29, 1.82) is 0 Å². The fraction of sp³-hybridized carbons (Fsp3) is 0.562. The zero-order valence-electron chi connectivity index (χ0n) is 12.4. The zero-order valence-corrected chi connectivity index (χ0v) is 12.4. The highest BCUT2D eigenvalue weighted by Crippen LogP contribution is 2.22. The minimum atomic E-state index is -0.723. The van der Waals surface area contributed by atoms with Gasteiger partial charge in [0.25, 0.3) is 0 Å². The summed E-state index contributed by atoms with van der Waals surface area (Å²) in [5.74, 6) is -1.01. The van der Waals surface area contributed by atoms with Gasteiger partial charge in [0.05, 0.1) is 5.92 Å². The van der Waals surface area contributed by atoms with Crippen molar-refractivity contribution in [1.82, 2.24) is 5.32 Å². The molecule has 0 bridgehead atoms. The molecule has 0 fully saturated rings. The summed E-state index contributed by atoms with van der Waals surface area (Å²) in [5.41, 5.74) is 2.62. The molecule has 2 N–H and O–H groups in total. The Kier molecular flexibility index (Phi) is 5.55. The van der Waals surface area contributed by atoms with E-state index in [9.17, 15) is 4.79 Å². The third kappa shape index (κ3) is 5.03. The van der Waals surface area contributed by atoms with E-state index < -0.39 is 5.97 Å². The van der Waals surface area contributed by atoms with E-state index in [1.165, 1.54) is 11.1 Å². The Hall–Kier alpha value is -1.35. The van der Waals surface area contributed by atoms with Crippen molar-refractivity contribution in [2.45, 2.75) is 39.5 Å². The Morgan fingerprint density at radius 1 is 1.32 bits per heavy atom. The van der Waals surface area contributed by atoms with Crippen LogP contribution >= 0.6 is 0 Å². The molecule has 19 heavy (non-hydrogen) atoms. The van der Waals surface area contributed by atoms with E-state index in [-0.39, 0.29) is 11.3 Å². The van der Waals surface area contributed by atoms with Gasteiger partial charge < -0.3 is 10.4 Å². The molecule has 1 aromatic carbocycles. The van der Waals surface area contributed by atoms with Gasteiger partial charge in [-0.3, -0.25) is 4.79 Å². The Balaban J connectivity index is 2.43. The first-order valence-corrected chi connectivity index (χ1v) is 6.83. The molecule has 0 heterocycles. The number of nitrogens with one attached hydrogen (secondary N) is 1. The molecule has 0 saturated carbocycles. The molecule has 0 spiro atoms. The Labute approximate surface area is 116 Å². The first-order chi connectivity index (χ1) is 8.83. The second-order valence-electron chi connectivity index (χ2n) is 5.95. The van der Waals surface area contributed by atoms with Crippen LogP contribution in [0, 0.1) is 12.8 Å². The van der Waals surface area contributed by atoms with Gasteiger partial charge in [0.2, 0.25) is 0 Å². The average molecular weight is 263 g/mol. The van der Waals surface area contributed by atoms with Crippen molar-refractivity contribution in [2.75, 3.05) is 13.1 Å². The predicted molar refractivity (Wildman–Crippen MR) is 78.5 cm³/mol. The monoisotopic (exact) mass is 263 g/mol. The highest BCUT2D eigenvalue weighted by Gasteiger charge is 2.20. The molecule has 106 valence electrons. The lowest BCUT2D eigenvalue weighted by molar-refractivity contribution is -0.141. The van der Waals surface area contributed by atoms with Crippen LogP contribution in [0.5, 0.6) is 0 Å². The van der Waals surface area contributed by atoms with Crippen LogP contribution in [-0.2, 0) is 10.2 Å². The van der Waals surface area contributed by atoms with E-state index in [1.807, 2.05) is 0 Å². The van der Waals surface area contributed by atoms with Crippen LogP contribution in [0.2, 0.25) is 0 Å². The molecule has 1 rings (SSSR count). The fourth-order valence-electron chi connectivity index (χ4n) is 1.95. The van der Waals surface area contributed by atoms with Gasteiger partial charge in [0.1, 0.15) is 0 Å². The van der Waals surface area contributed by atoms with Gasteiger partial charge in [-0.2, -0.15) is 0 Å². The smallest absolute Gasteiger partial charge is 0.306 e. The van der Waals surface area contributed by atoms with Crippen molar-refractivity contribution < 1.29 is 9.90 Å². The standard InChI is InChI=1S/C16H25NO2/c1-12-5-7-14(8-6-12)16(3,4)11-17-10-9-13(2)15(18)19/h5-8,13,17H,9-11H2,1-4H3,(H,18,19). The summed E-state index contributed by atoms with van der Waals surface area (Å²) >= 11 is 0. The SMILES string of the molecule is Cc1ccc(C(C)(C)CNCCC(C)C(=O)O)cc1. The number of carboxylic acid groups (broad SMARTS) is 1. The molecule has 0 aliphatic heterocycles. The third-order valence-electron chi connectivity index (χ3n) is 3.58. The molecule has 1 unspecified atom stereocenters. The summed E-state index contributed by atoms with van der Waals surface area (Å²) in [5, 5.41) is 12.2. The number of carbonyl (C=O) groups is 1. The van der Waals surface area contributed by atoms with Crippen molar-refractivity contribution in [3.63, 3.8) is 0 Å². The number of carboxylic acids is 1. The number of benzene rings is 1.